The summed E-state index contributed by atoms with van der Waals surface area (Å²) in [4.78, 5) is 14.4. The third kappa shape index (κ3) is 4.15. The fraction of sp³-hybridized carbons (Fsp3) is 0.500. The Balaban J connectivity index is 1.55. The number of carbonyl (C=O) groups excluding carboxylic acids is 1. The van der Waals surface area contributed by atoms with Gasteiger partial charge in [-0.15, -0.1) is 5.10 Å². The van der Waals surface area contributed by atoms with Gasteiger partial charge in [0.2, 0.25) is 0 Å². The SMILES string of the molecule is CC(C)(C)n1cc(C(=O)N2CCC(Nc3ccc(F)cc3)CC2)nn1. The lowest BCUT2D eigenvalue weighted by atomic mass is 10.0. The lowest BCUT2D eigenvalue weighted by Crippen LogP contribution is -2.42. The molecule has 1 aliphatic rings. The highest BCUT2D eigenvalue weighted by Gasteiger charge is 2.26. The summed E-state index contributed by atoms with van der Waals surface area (Å²) >= 11 is 0. The topological polar surface area (TPSA) is 63.1 Å². The number of anilines is 1. The zero-order chi connectivity index (χ0) is 18.0. The van der Waals surface area contributed by atoms with Gasteiger partial charge in [-0.1, -0.05) is 5.21 Å². The molecular formula is C18H24FN5O. The molecule has 2 aromatic rings. The van der Waals surface area contributed by atoms with Crippen LogP contribution in [0.15, 0.2) is 30.5 Å². The van der Waals surface area contributed by atoms with E-state index in [0.717, 1.165) is 18.5 Å². The normalized spacial score (nSPS) is 16.1. The highest BCUT2D eigenvalue weighted by atomic mass is 19.1. The molecule has 0 aliphatic carbocycles. The molecule has 0 saturated carbocycles. The van der Waals surface area contributed by atoms with E-state index in [4.69, 9.17) is 0 Å². The molecule has 1 aliphatic heterocycles. The van der Waals surface area contributed by atoms with Crippen LogP contribution in [-0.2, 0) is 5.54 Å². The second-order valence-corrected chi connectivity index (χ2v) is 7.44. The lowest BCUT2D eigenvalue weighted by Gasteiger charge is -2.32. The molecule has 3 rings (SSSR count). The van der Waals surface area contributed by atoms with Gasteiger partial charge in [0, 0.05) is 24.8 Å². The van der Waals surface area contributed by atoms with Gasteiger partial charge in [-0.3, -0.25) is 4.79 Å². The molecule has 0 radical (unpaired) electrons. The van der Waals surface area contributed by atoms with Crippen LogP contribution in [0.3, 0.4) is 0 Å². The first kappa shape index (κ1) is 17.4. The maximum atomic E-state index is 13.0. The van der Waals surface area contributed by atoms with Crippen molar-refractivity contribution in [3.05, 3.63) is 42.0 Å². The lowest BCUT2D eigenvalue weighted by molar-refractivity contribution is 0.0712. The van der Waals surface area contributed by atoms with Crippen LogP contribution in [0.25, 0.3) is 0 Å². The van der Waals surface area contributed by atoms with Crippen molar-refractivity contribution >= 4 is 11.6 Å². The number of aromatic nitrogens is 3. The van der Waals surface area contributed by atoms with Gasteiger partial charge in [0.1, 0.15) is 5.82 Å². The standard InChI is InChI=1S/C18H24FN5O/c1-18(2,3)24-12-16(21-22-24)17(25)23-10-8-15(9-11-23)20-14-6-4-13(19)5-7-14/h4-7,12,15,20H,8-11H2,1-3H3. The van der Waals surface area contributed by atoms with Crippen molar-refractivity contribution < 1.29 is 9.18 Å². The van der Waals surface area contributed by atoms with Crippen LogP contribution in [0.5, 0.6) is 0 Å². The van der Waals surface area contributed by atoms with E-state index in [1.165, 1.54) is 12.1 Å². The second-order valence-electron chi connectivity index (χ2n) is 7.44. The molecular weight excluding hydrogens is 321 g/mol. The summed E-state index contributed by atoms with van der Waals surface area (Å²) in [5.74, 6) is -0.315. The molecule has 0 spiro atoms. The van der Waals surface area contributed by atoms with Gasteiger partial charge in [0.15, 0.2) is 5.69 Å². The molecule has 134 valence electrons. The zero-order valence-corrected chi connectivity index (χ0v) is 14.9. The number of nitrogens with zero attached hydrogens (tertiary/aromatic N) is 4. The quantitative estimate of drug-likeness (QED) is 0.929. The third-order valence-electron chi connectivity index (χ3n) is 4.40. The van der Waals surface area contributed by atoms with E-state index >= 15 is 0 Å². The van der Waals surface area contributed by atoms with Crippen LogP contribution in [0, 0.1) is 5.82 Å². The van der Waals surface area contributed by atoms with Gasteiger partial charge >= 0.3 is 0 Å². The number of halogens is 1. The Morgan fingerprint density at radius 2 is 1.84 bits per heavy atom. The van der Waals surface area contributed by atoms with Crippen molar-refractivity contribution in [1.29, 1.82) is 0 Å². The molecule has 0 bridgehead atoms. The second kappa shape index (κ2) is 6.82. The Labute approximate surface area is 147 Å². The fourth-order valence-corrected chi connectivity index (χ4v) is 2.86. The van der Waals surface area contributed by atoms with Crippen molar-refractivity contribution in [2.75, 3.05) is 18.4 Å². The number of hydrogen-bond acceptors (Lipinski definition) is 4. The smallest absolute Gasteiger partial charge is 0.276 e. The summed E-state index contributed by atoms with van der Waals surface area (Å²) in [5, 5.41) is 11.5. The van der Waals surface area contributed by atoms with Gasteiger partial charge in [-0.05, 0) is 57.9 Å². The van der Waals surface area contributed by atoms with Crippen molar-refractivity contribution in [1.82, 2.24) is 19.9 Å². The summed E-state index contributed by atoms with van der Waals surface area (Å²) in [7, 11) is 0. The van der Waals surface area contributed by atoms with Gasteiger partial charge in [0.25, 0.3) is 5.91 Å². The Bertz CT molecular complexity index is 727. The number of piperidine rings is 1. The molecule has 7 heteroatoms. The Morgan fingerprint density at radius 1 is 1.20 bits per heavy atom. The molecule has 0 unspecified atom stereocenters. The monoisotopic (exact) mass is 345 g/mol. The Morgan fingerprint density at radius 3 is 2.40 bits per heavy atom. The van der Waals surface area contributed by atoms with E-state index < -0.39 is 0 Å². The molecule has 1 amide bonds. The van der Waals surface area contributed by atoms with Gasteiger partial charge in [-0.2, -0.15) is 0 Å². The first-order valence-corrected chi connectivity index (χ1v) is 8.57. The average Bonchev–Trinajstić information content (AvgIpc) is 3.07. The van der Waals surface area contributed by atoms with Crippen LogP contribution < -0.4 is 5.32 Å². The maximum absolute atomic E-state index is 13.0. The minimum atomic E-state index is -0.241. The average molecular weight is 345 g/mol. The van der Waals surface area contributed by atoms with Crippen molar-refractivity contribution in [2.24, 2.45) is 0 Å². The summed E-state index contributed by atoms with van der Waals surface area (Å²) in [6, 6.07) is 6.63. The van der Waals surface area contributed by atoms with Crippen molar-refractivity contribution in [2.45, 2.75) is 45.2 Å². The molecule has 0 atom stereocenters. The molecule has 1 aromatic carbocycles. The van der Waals surface area contributed by atoms with E-state index in [-0.39, 0.29) is 23.3 Å². The highest BCUT2D eigenvalue weighted by Crippen LogP contribution is 2.19. The molecule has 1 fully saturated rings. The molecule has 1 saturated heterocycles. The predicted octanol–water partition coefficient (Wildman–Crippen LogP) is 2.89. The molecule has 6 nitrogen and oxygen atoms in total. The summed E-state index contributed by atoms with van der Waals surface area (Å²) in [6.07, 6.45) is 3.40. The number of rotatable bonds is 3. The highest BCUT2D eigenvalue weighted by molar-refractivity contribution is 5.92. The Kier molecular flexibility index (Phi) is 4.74. The third-order valence-corrected chi connectivity index (χ3v) is 4.40. The van der Waals surface area contributed by atoms with E-state index in [0.29, 0.717) is 18.8 Å². The van der Waals surface area contributed by atoms with Gasteiger partial charge in [0.05, 0.1) is 11.7 Å². The van der Waals surface area contributed by atoms with Crippen LogP contribution in [0.1, 0.15) is 44.1 Å². The predicted molar refractivity (Wildman–Crippen MR) is 94.0 cm³/mol. The summed E-state index contributed by atoms with van der Waals surface area (Å²) < 4.78 is 14.7. The molecule has 2 heterocycles. The van der Waals surface area contributed by atoms with Crippen molar-refractivity contribution in [3.8, 4) is 0 Å². The van der Waals surface area contributed by atoms with E-state index in [2.05, 4.69) is 15.6 Å². The molecule has 1 aromatic heterocycles. The summed E-state index contributed by atoms with van der Waals surface area (Å²) in [5.41, 5.74) is 1.09. The van der Waals surface area contributed by atoms with Gasteiger partial charge in [-0.25, -0.2) is 9.07 Å². The number of benzene rings is 1. The molecule has 1 N–H and O–H groups in total. The first-order chi connectivity index (χ1) is 11.8. The number of carbonyl (C=O) groups is 1. The number of likely N-dealkylation sites (tertiary alicyclic amines) is 1. The van der Waals surface area contributed by atoms with Crippen LogP contribution in [0.4, 0.5) is 10.1 Å². The first-order valence-electron chi connectivity index (χ1n) is 8.57. The van der Waals surface area contributed by atoms with Crippen LogP contribution in [-0.4, -0.2) is 44.9 Å². The largest absolute Gasteiger partial charge is 0.382 e. The summed E-state index contributed by atoms with van der Waals surface area (Å²) in [6.45, 7) is 7.38. The maximum Gasteiger partial charge on any atom is 0.276 e. The molecule has 25 heavy (non-hydrogen) atoms. The zero-order valence-electron chi connectivity index (χ0n) is 14.9. The van der Waals surface area contributed by atoms with E-state index in [1.807, 2.05) is 25.7 Å². The van der Waals surface area contributed by atoms with Crippen molar-refractivity contribution in [3.63, 3.8) is 0 Å². The van der Waals surface area contributed by atoms with Gasteiger partial charge < -0.3 is 10.2 Å². The minimum absolute atomic E-state index is 0.0734. The van der Waals surface area contributed by atoms with Crippen LogP contribution in [0.2, 0.25) is 0 Å². The number of amides is 1. The fourth-order valence-electron chi connectivity index (χ4n) is 2.86. The Hall–Kier alpha value is -2.44. The number of nitrogens with one attached hydrogen (secondary N) is 1. The van der Waals surface area contributed by atoms with E-state index in [9.17, 15) is 9.18 Å². The minimum Gasteiger partial charge on any atom is -0.382 e. The number of hydrogen-bond donors (Lipinski definition) is 1. The van der Waals surface area contributed by atoms with E-state index in [1.54, 1.807) is 23.0 Å². The van der Waals surface area contributed by atoms with Crippen LogP contribution >= 0.6 is 0 Å².